The van der Waals surface area contributed by atoms with Gasteiger partial charge in [0.25, 0.3) is 11.5 Å². The Bertz CT molecular complexity index is 972. The van der Waals surface area contributed by atoms with Crippen LogP contribution in [0.1, 0.15) is 63.4 Å². The minimum Gasteiger partial charge on any atom is -0.358 e. The zero-order valence-corrected chi connectivity index (χ0v) is 18.7. The van der Waals surface area contributed by atoms with Crippen molar-refractivity contribution in [1.82, 2.24) is 25.9 Å². The molecule has 162 valence electrons. The van der Waals surface area contributed by atoms with E-state index in [0.29, 0.717) is 40.3 Å². The molecule has 8 heteroatoms. The van der Waals surface area contributed by atoms with Crippen LogP contribution in [0.15, 0.2) is 29.1 Å². The van der Waals surface area contributed by atoms with Crippen molar-refractivity contribution in [2.45, 2.75) is 65.5 Å². The zero-order chi connectivity index (χ0) is 21.7. The maximum absolute atomic E-state index is 12.9. The van der Waals surface area contributed by atoms with Crippen LogP contribution in [0.5, 0.6) is 0 Å². The van der Waals surface area contributed by atoms with Gasteiger partial charge in [-0.3, -0.25) is 20.4 Å². The largest absolute Gasteiger partial charge is 0.358 e. The summed E-state index contributed by atoms with van der Waals surface area (Å²) in [4.78, 5) is 25.6. The number of hydrogen-bond donors (Lipinski definition) is 3. The monoisotopic (exact) mass is 429 g/mol. The first-order chi connectivity index (χ1) is 14.4. The molecular weight excluding hydrogens is 398 g/mol. The molecule has 1 fully saturated rings. The first-order valence-electron chi connectivity index (χ1n) is 10.7. The van der Waals surface area contributed by atoms with Crippen LogP contribution in [0.4, 0.5) is 0 Å². The van der Waals surface area contributed by atoms with Crippen LogP contribution in [0.3, 0.4) is 0 Å². The van der Waals surface area contributed by atoms with Crippen molar-refractivity contribution in [2.75, 3.05) is 0 Å². The lowest BCUT2D eigenvalue weighted by atomic mass is 9.86. The van der Waals surface area contributed by atoms with Gasteiger partial charge in [-0.05, 0) is 49.4 Å². The van der Waals surface area contributed by atoms with Crippen LogP contribution in [-0.4, -0.2) is 26.8 Å². The van der Waals surface area contributed by atoms with Crippen molar-refractivity contribution in [3.05, 3.63) is 40.3 Å². The summed E-state index contributed by atoms with van der Waals surface area (Å²) in [6.45, 7) is 6.86. The molecule has 1 heterocycles. The lowest BCUT2D eigenvalue weighted by molar-refractivity contribution is 0.0937. The van der Waals surface area contributed by atoms with Crippen LogP contribution in [0.25, 0.3) is 10.8 Å². The fourth-order valence-electron chi connectivity index (χ4n) is 3.84. The molecule has 0 radical (unpaired) electrons. The lowest BCUT2D eigenvalue weighted by Crippen LogP contribution is -2.51. The van der Waals surface area contributed by atoms with Crippen molar-refractivity contribution in [3.8, 4) is 0 Å². The van der Waals surface area contributed by atoms with Crippen LogP contribution in [0, 0.1) is 11.8 Å². The fourth-order valence-corrected chi connectivity index (χ4v) is 4.05. The number of nitrogens with one attached hydrogen (secondary N) is 3. The highest BCUT2D eigenvalue weighted by Crippen LogP contribution is 2.23. The molecule has 3 N–H and O–H groups in total. The molecule has 2 atom stereocenters. The van der Waals surface area contributed by atoms with E-state index >= 15 is 0 Å². The molecule has 1 aliphatic carbocycles. The highest BCUT2D eigenvalue weighted by Gasteiger charge is 2.22. The normalized spacial score (nSPS) is 18.9. The summed E-state index contributed by atoms with van der Waals surface area (Å²) in [5.74, 6) is 0.546. The quantitative estimate of drug-likeness (QED) is 0.500. The van der Waals surface area contributed by atoms with Crippen molar-refractivity contribution < 1.29 is 4.79 Å². The average Bonchev–Trinajstić information content (AvgIpc) is 2.73. The van der Waals surface area contributed by atoms with Gasteiger partial charge in [-0.2, -0.15) is 5.10 Å². The molecule has 0 unspecified atom stereocenters. The summed E-state index contributed by atoms with van der Waals surface area (Å²) in [6.07, 6.45) is 5.49. The van der Waals surface area contributed by atoms with Crippen LogP contribution in [0.2, 0.25) is 0 Å². The Labute approximate surface area is 182 Å². The third-order valence-corrected chi connectivity index (χ3v) is 5.94. The molecule has 30 heavy (non-hydrogen) atoms. The SMILES string of the molecule is CC(C)CCn1nc(C(=O)NNC(=S)N[C@H]2CCCC[C@@H]2C)c2ccccc2c1=O. The molecule has 7 nitrogen and oxygen atoms in total. The molecule has 0 bridgehead atoms. The number of aromatic nitrogens is 2. The first-order valence-corrected chi connectivity index (χ1v) is 11.1. The topological polar surface area (TPSA) is 88.1 Å². The van der Waals surface area contributed by atoms with Crippen molar-refractivity contribution in [3.63, 3.8) is 0 Å². The molecule has 0 spiro atoms. The number of thiocarbonyl (C=S) groups is 1. The second-order valence-corrected chi connectivity index (χ2v) is 8.93. The Kier molecular flexibility index (Phi) is 7.42. The standard InChI is InChI=1S/C22H31N5O2S/c1-14(2)12-13-27-21(29)17-10-6-5-9-16(17)19(26-27)20(28)24-25-22(30)23-18-11-7-4-8-15(18)3/h5-6,9-10,14-15,18H,4,7-8,11-13H2,1-3H3,(H,24,28)(H2,23,25,30)/t15-,18-/m0/s1. The molecule has 0 aliphatic heterocycles. The lowest BCUT2D eigenvalue weighted by Gasteiger charge is -2.30. The summed E-state index contributed by atoms with van der Waals surface area (Å²) < 4.78 is 1.39. The zero-order valence-electron chi connectivity index (χ0n) is 17.9. The summed E-state index contributed by atoms with van der Waals surface area (Å²) in [5, 5.41) is 9.07. The van der Waals surface area contributed by atoms with Gasteiger partial charge in [-0.15, -0.1) is 0 Å². The number of carbonyl (C=O) groups is 1. The number of fused-ring (bicyclic) bond motifs is 1. The van der Waals surface area contributed by atoms with E-state index in [9.17, 15) is 9.59 Å². The fraction of sp³-hybridized carbons (Fsp3) is 0.545. The van der Waals surface area contributed by atoms with Gasteiger partial charge in [0, 0.05) is 18.0 Å². The minimum absolute atomic E-state index is 0.181. The Morgan fingerprint density at radius 2 is 1.90 bits per heavy atom. The van der Waals surface area contributed by atoms with E-state index in [1.165, 1.54) is 23.9 Å². The third-order valence-electron chi connectivity index (χ3n) is 5.72. The second kappa shape index (κ2) is 10.0. The highest BCUT2D eigenvalue weighted by molar-refractivity contribution is 7.80. The van der Waals surface area contributed by atoms with Crippen LogP contribution in [-0.2, 0) is 6.54 Å². The Hall–Kier alpha value is -2.48. The Morgan fingerprint density at radius 3 is 2.60 bits per heavy atom. The van der Waals surface area contributed by atoms with Gasteiger partial charge >= 0.3 is 0 Å². The number of amides is 1. The number of rotatable bonds is 5. The number of hydrazine groups is 1. The molecule has 1 aromatic carbocycles. The van der Waals surface area contributed by atoms with E-state index in [1.807, 2.05) is 0 Å². The van der Waals surface area contributed by atoms with E-state index < -0.39 is 5.91 Å². The maximum atomic E-state index is 12.9. The molecule has 1 amide bonds. The molecule has 1 aromatic heterocycles. The summed E-state index contributed by atoms with van der Waals surface area (Å²) in [5.41, 5.74) is 5.45. The molecular formula is C22H31N5O2S. The molecule has 1 saturated carbocycles. The second-order valence-electron chi connectivity index (χ2n) is 8.53. The predicted octanol–water partition coefficient (Wildman–Crippen LogP) is 3.13. The molecule has 0 saturated heterocycles. The number of benzene rings is 1. The van der Waals surface area contributed by atoms with Gasteiger partial charge in [0.2, 0.25) is 0 Å². The first kappa shape index (κ1) is 22.2. The van der Waals surface area contributed by atoms with Crippen molar-refractivity contribution in [2.24, 2.45) is 11.8 Å². The van der Waals surface area contributed by atoms with Crippen LogP contribution < -0.4 is 21.7 Å². The van der Waals surface area contributed by atoms with E-state index in [4.69, 9.17) is 12.2 Å². The molecule has 2 aromatic rings. The van der Waals surface area contributed by atoms with Gasteiger partial charge in [0.15, 0.2) is 10.8 Å². The van der Waals surface area contributed by atoms with Gasteiger partial charge < -0.3 is 5.32 Å². The van der Waals surface area contributed by atoms with Gasteiger partial charge in [0.05, 0.1) is 5.39 Å². The predicted molar refractivity (Wildman–Crippen MR) is 123 cm³/mol. The van der Waals surface area contributed by atoms with E-state index in [2.05, 4.69) is 42.0 Å². The van der Waals surface area contributed by atoms with Gasteiger partial charge in [-0.25, -0.2) is 4.68 Å². The Morgan fingerprint density at radius 1 is 1.20 bits per heavy atom. The van der Waals surface area contributed by atoms with E-state index in [1.54, 1.807) is 24.3 Å². The highest BCUT2D eigenvalue weighted by atomic mass is 32.1. The smallest absolute Gasteiger partial charge is 0.290 e. The number of nitrogens with zero attached hydrogens (tertiary/aromatic N) is 2. The summed E-state index contributed by atoms with van der Waals surface area (Å²) >= 11 is 5.36. The van der Waals surface area contributed by atoms with E-state index in [-0.39, 0.29) is 11.3 Å². The van der Waals surface area contributed by atoms with Gasteiger partial charge in [-0.1, -0.05) is 51.8 Å². The van der Waals surface area contributed by atoms with E-state index in [0.717, 1.165) is 12.8 Å². The number of hydrogen-bond acceptors (Lipinski definition) is 4. The summed E-state index contributed by atoms with van der Waals surface area (Å²) in [6, 6.07) is 7.37. The molecule has 1 aliphatic rings. The minimum atomic E-state index is -0.426. The van der Waals surface area contributed by atoms with Crippen LogP contribution >= 0.6 is 12.2 Å². The maximum Gasteiger partial charge on any atom is 0.290 e. The van der Waals surface area contributed by atoms with Gasteiger partial charge in [0.1, 0.15) is 0 Å². The Balaban J connectivity index is 1.74. The third kappa shape index (κ3) is 5.36. The summed E-state index contributed by atoms with van der Waals surface area (Å²) in [7, 11) is 0. The average molecular weight is 430 g/mol. The van der Waals surface area contributed by atoms with Crippen molar-refractivity contribution >= 4 is 34.0 Å². The number of aryl methyl sites for hydroxylation is 1. The molecule has 3 rings (SSSR count). The number of carbonyl (C=O) groups excluding carboxylic acids is 1. The van der Waals surface area contributed by atoms with Crippen molar-refractivity contribution in [1.29, 1.82) is 0 Å².